The number of benzene rings is 1. The summed E-state index contributed by atoms with van der Waals surface area (Å²) in [5.41, 5.74) is 1.27. The van der Waals surface area contributed by atoms with E-state index in [1.807, 2.05) is 24.3 Å². The van der Waals surface area contributed by atoms with Gasteiger partial charge in [0.15, 0.2) is 0 Å². The van der Waals surface area contributed by atoms with Crippen molar-refractivity contribution in [2.24, 2.45) is 0 Å². The van der Waals surface area contributed by atoms with Gasteiger partial charge in [-0.25, -0.2) is 0 Å². The van der Waals surface area contributed by atoms with Gasteiger partial charge in [0.05, 0.1) is 6.26 Å². The maximum atomic E-state index is 5.24. The molecule has 0 saturated heterocycles. The Kier molecular flexibility index (Phi) is 5.55. The van der Waals surface area contributed by atoms with Crippen molar-refractivity contribution >= 4 is 0 Å². The van der Waals surface area contributed by atoms with Crippen LogP contribution in [0.4, 0.5) is 0 Å². The Bertz CT molecular complexity index is 246. The van der Waals surface area contributed by atoms with Crippen molar-refractivity contribution < 1.29 is 42.6 Å². The molecular formula is C9H8CoOW. The zero-order chi connectivity index (χ0) is 6.81. The molecule has 0 amide bonds. The molecule has 12 heavy (non-hydrogen) atoms. The first-order chi connectivity index (χ1) is 4.97. The van der Waals surface area contributed by atoms with Crippen LogP contribution in [0.2, 0.25) is 0 Å². The predicted octanol–water partition coefficient (Wildman–Crippen LogP) is 2.13. The summed E-state index contributed by atoms with van der Waals surface area (Å²) in [4.78, 5) is 0. The molecule has 65 valence electrons. The molecule has 0 spiro atoms. The number of hydrogen-bond donors (Lipinski definition) is 0. The first-order valence-corrected chi connectivity index (χ1v) is 3.36. The van der Waals surface area contributed by atoms with E-state index in [1.165, 1.54) is 5.56 Å². The fraction of sp³-hybridized carbons (Fsp3) is 0.111. The fourth-order valence-corrected chi connectivity index (χ4v) is 1.08. The Hall–Kier alpha value is -0.0452. The molecule has 2 rings (SSSR count). The minimum absolute atomic E-state index is 0. The van der Waals surface area contributed by atoms with Crippen LogP contribution in [0.25, 0.3) is 0 Å². The Labute approximate surface area is 96.7 Å². The van der Waals surface area contributed by atoms with Crippen LogP contribution in [0.1, 0.15) is 5.56 Å². The first kappa shape index (κ1) is 12.0. The molecule has 1 aromatic carbocycles. The van der Waals surface area contributed by atoms with E-state index < -0.39 is 0 Å². The number of allylic oxidation sites excluding steroid dienone is 1. The molecule has 0 saturated carbocycles. The van der Waals surface area contributed by atoms with Crippen molar-refractivity contribution in [3.05, 3.63) is 42.2 Å². The largest absolute Gasteiger partial charge is 0.465 e. The summed E-state index contributed by atoms with van der Waals surface area (Å²) in [7, 11) is 0. The van der Waals surface area contributed by atoms with E-state index in [9.17, 15) is 0 Å². The molecule has 0 fully saturated rings. The number of rotatable bonds is 0. The maximum absolute atomic E-state index is 5.24. The van der Waals surface area contributed by atoms with Gasteiger partial charge in [-0.3, -0.25) is 0 Å². The first-order valence-electron chi connectivity index (χ1n) is 3.36. The average molecular weight is 375 g/mol. The van der Waals surface area contributed by atoms with Crippen molar-refractivity contribution in [2.45, 2.75) is 6.42 Å². The molecule has 1 heterocycles. The van der Waals surface area contributed by atoms with Crippen LogP contribution in [0, 0.1) is 0 Å². The van der Waals surface area contributed by atoms with E-state index in [-0.39, 0.29) is 37.8 Å². The monoisotopic (exact) mass is 375 g/mol. The van der Waals surface area contributed by atoms with E-state index in [2.05, 4.69) is 6.07 Å². The molecule has 1 nitrogen and oxygen atoms in total. The molecule has 0 atom stereocenters. The minimum Gasteiger partial charge on any atom is -0.465 e. The van der Waals surface area contributed by atoms with E-state index >= 15 is 0 Å². The van der Waals surface area contributed by atoms with E-state index in [0.29, 0.717) is 0 Å². The molecule has 1 radical (unpaired) electrons. The van der Waals surface area contributed by atoms with Crippen LogP contribution in [0.3, 0.4) is 0 Å². The SMILES string of the molecule is C1=COc2ccccc2C1.[Co].[W]. The molecule has 0 N–H and O–H groups in total. The zero-order valence-electron chi connectivity index (χ0n) is 6.32. The van der Waals surface area contributed by atoms with Gasteiger partial charge >= 0.3 is 0 Å². The van der Waals surface area contributed by atoms with Crippen molar-refractivity contribution in [3.63, 3.8) is 0 Å². The standard InChI is InChI=1S/C9H8O.Co.W/c1-2-6-9-8(4-1)5-3-7-10-9;;/h1-4,6-7H,5H2;;. The molecule has 0 bridgehead atoms. The third-order valence-electron chi connectivity index (χ3n) is 1.60. The minimum atomic E-state index is 0. The number of ether oxygens (including phenoxy) is 1. The predicted molar refractivity (Wildman–Crippen MR) is 39.9 cm³/mol. The van der Waals surface area contributed by atoms with Crippen molar-refractivity contribution in [1.82, 2.24) is 0 Å². The number of fused-ring (bicyclic) bond motifs is 1. The van der Waals surface area contributed by atoms with Crippen LogP contribution in [0.5, 0.6) is 5.75 Å². The molecule has 0 unspecified atom stereocenters. The second kappa shape index (κ2) is 5.57. The smallest absolute Gasteiger partial charge is 0.130 e. The topological polar surface area (TPSA) is 9.23 Å². The van der Waals surface area contributed by atoms with Gasteiger partial charge in [-0.1, -0.05) is 18.2 Å². The fourth-order valence-electron chi connectivity index (χ4n) is 1.08. The van der Waals surface area contributed by atoms with Crippen molar-refractivity contribution in [3.8, 4) is 5.75 Å². The summed E-state index contributed by atoms with van der Waals surface area (Å²) in [6.07, 6.45) is 4.75. The average Bonchev–Trinajstić information content (AvgIpc) is 2.05. The molecule has 1 aliphatic heterocycles. The molecule has 0 aromatic heterocycles. The second-order valence-electron chi connectivity index (χ2n) is 2.30. The number of hydrogen-bond acceptors (Lipinski definition) is 1. The maximum Gasteiger partial charge on any atom is 0.130 e. The Balaban J connectivity index is 0.000000605. The Morgan fingerprint density at radius 2 is 1.92 bits per heavy atom. The van der Waals surface area contributed by atoms with E-state index in [0.717, 1.165) is 12.2 Å². The quantitative estimate of drug-likeness (QED) is 0.676. The van der Waals surface area contributed by atoms with Gasteiger partial charge in [-0.15, -0.1) is 0 Å². The molecule has 0 aliphatic carbocycles. The van der Waals surface area contributed by atoms with Crippen LogP contribution < -0.4 is 4.74 Å². The summed E-state index contributed by atoms with van der Waals surface area (Å²) < 4.78 is 5.24. The van der Waals surface area contributed by atoms with Gasteiger partial charge in [0.1, 0.15) is 5.75 Å². The van der Waals surface area contributed by atoms with Crippen molar-refractivity contribution in [1.29, 1.82) is 0 Å². The molecule has 1 aliphatic rings. The Morgan fingerprint density at radius 3 is 2.67 bits per heavy atom. The zero-order valence-corrected chi connectivity index (χ0v) is 10.3. The summed E-state index contributed by atoms with van der Waals surface area (Å²) in [5, 5.41) is 0. The Morgan fingerprint density at radius 1 is 1.17 bits per heavy atom. The summed E-state index contributed by atoms with van der Waals surface area (Å²) in [6, 6.07) is 8.08. The van der Waals surface area contributed by atoms with Gasteiger partial charge < -0.3 is 4.74 Å². The van der Waals surface area contributed by atoms with Gasteiger partial charge in [0.2, 0.25) is 0 Å². The van der Waals surface area contributed by atoms with E-state index in [4.69, 9.17) is 4.74 Å². The molecular weight excluding hydrogens is 367 g/mol. The van der Waals surface area contributed by atoms with Gasteiger partial charge in [0, 0.05) is 37.8 Å². The number of para-hydroxylation sites is 1. The second-order valence-corrected chi connectivity index (χ2v) is 2.30. The summed E-state index contributed by atoms with van der Waals surface area (Å²) in [5.74, 6) is 0.991. The third kappa shape index (κ3) is 2.48. The van der Waals surface area contributed by atoms with Gasteiger partial charge in [0.25, 0.3) is 0 Å². The van der Waals surface area contributed by atoms with E-state index in [1.54, 1.807) is 6.26 Å². The van der Waals surface area contributed by atoms with Gasteiger partial charge in [-0.05, 0) is 24.1 Å². The van der Waals surface area contributed by atoms with Crippen LogP contribution in [-0.4, -0.2) is 0 Å². The summed E-state index contributed by atoms with van der Waals surface area (Å²) >= 11 is 0. The summed E-state index contributed by atoms with van der Waals surface area (Å²) in [6.45, 7) is 0. The van der Waals surface area contributed by atoms with Crippen LogP contribution in [-0.2, 0) is 44.3 Å². The molecule has 1 aromatic rings. The van der Waals surface area contributed by atoms with Crippen LogP contribution >= 0.6 is 0 Å². The van der Waals surface area contributed by atoms with Crippen molar-refractivity contribution in [2.75, 3.05) is 0 Å². The third-order valence-corrected chi connectivity index (χ3v) is 1.60. The molecule has 3 heteroatoms. The normalized spacial score (nSPS) is 11.7. The van der Waals surface area contributed by atoms with Gasteiger partial charge in [-0.2, -0.15) is 0 Å². The van der Waals surface area contributed by atoms with Crippen LogP contribution in [0.15, 0.2) is 36.6 Å².